The first-order chi connectivity index (χ1) is 14.2. The van der Waals surface area contributed by atoms with E-state index in [1.807, 2.05) is 31.2 Å². The Kier molecular flexibility index (Phi) is 8.49. The number of fused-ring (bicyclic) bond motifs is 1. The van der Waals surface area contributed by atoms with Crippen molar-refractivity contribution in [3.63, 3.8) is 0 Å². The molecule has 1 unspecified atom stereocenters. The lowest BCUT2D eigenvalue weighted by atomic mass is 10.1. The third-order valence-corrected chi connectivity index (χ3v) is 5.72. The van der Waals surface area contributed by atoms with Crippen molar-refractivity contribution in [1.82, 2.24) is 34.8 Å². The number of aliphatic imine (C=N–C) groups is 1. The largest absolute Gasteiger partial charge is 0.370 e. The van der Waals surface area contributed by atoms with E-state index in [1.165, 1.54) is 19.3 Å². The van der Waals surface area contributed by atoms with Crippen molar-refractivity contribution in [2.45, 2.75) is 51.2 Å². The number of ether oxygens (including phenoxy) is 1. The van der Waals surface area contributed by atoms with Crippen LogP contribution in [0.5, 0.6) is 0 Å². The molecular weight excluding hydrogens is 495 g/mol. The lowest BCUT2D eigenvalue weighted by Crippen LogP contribution is -2.48. The Hall–Kier alpha value is -1.69. The van der Waals surface area contributed by atoms with E-state index in [1.54, 1.807) is 0 Å². The molecule has 0 aromatic carbocycles. The summed E-state index contributed by atoms with van der Waals surface area (Å²) >= 11 is 0. The van der Waals surface area contributed by atoms with Crippen molar-refractivity contribution in [2.75, 3.05) is 33.3 Å². The lowest BCUT2D eigenvalue weighted by molar-refractivity contribution is -0.00801. The van der Waals surface area contributed by atoms with Gasteiger partial charge in [-0.1, -0.05) is 6.42 Å². The van der Waals surface area contributed by atoms with E-state index >= 15 is 0 Å². The molecule has 30 heavy (non-hydrogen) atoms. The van der Waals surface area contributed by atoms with Crippen LogP contribution < -0.4 is 5.32 Å². The minimum atomic E-state index is 0. The van der Waals surface area contributed by atoms with Gasteiger partial charge in [0.25, 0.3) is 0 Å². The molecule has 0 aliphatic carbocycles. The molecule has 1 N–H and O–H groups in total. The van der Waals surface area contributed by atoms with Crippen LogP contribution in [0, 0.1) is 0 Å². The van der Waals surface area contributed by atoms with Crippen LogP contribution in [0.2, 0.25) is 0 Å². The number of rotatable bonds is 5. The second-order valence-corrected chi connectivity index (χ2v) is 7.83. The van der Waals surface area contributed by atoms with Crippen molar-refractivity contribution in [1.29, 1.82) is 0 Å². The molecule has 1 saturated heterocycles. The summed E-state index contributed by atoms with van der Waals surface area (Å²) in [6.07, 6.45) is 10.7. The van der Waals surface area contributed by atoms with E-state index in [4.69, 9.17) is 4.74 Å². The molecule has 2 aliphatic heterocycles. The highest BCUT2D eigenvalue weighted by molar-refractivity contribution is 14.0. The van der Waals surface area contributed by atoms with Gasteiger partial charge in [-0.2, -0.15) is 5.10 Å². The quantitative estimate of drug-likeness (QED) is 0.277. The fourth-order valence-corrected chi connectivity index (χ4v) is 4.16. The maximum Gasteiger partial charge on any atom is 0.193 e. The number of morpholine rings is 1. The second-order valence-electron chi connectivity index (χ2n) is 7.83. The molecule has 0 amide bonds. The van der Waals surface area contributed by atoms with Gasteiger partial charge in [-0.05, 0) is 19.3 Å². The molecule has 1 atom stereocenters. The molecule has 10 heteroatoms. The van der Waals surface area contributed by atoms with Crippen LogP contribution in [0.4, 0.5) is 0 Å². The molecule has 0 spiro atoms. The van der Waals surface area contributed by atoms with E-state index in [0.29, 0.717) is 6.61 Å². The standard InChI is InChI=1S/C20H32N8O.HI/c1-21-20(27-11-12-29-17(15-27)16-13-23-26(2)14-16)22-9-6-8-19-25-24-18-7-4-3-5-10-28(18)19;/h13-14,17H,3-12,15H2,1-2H3,(H,21,22);1H. The van der Waals surface area contributed by atoms with Gasteiger partial charge in [0.2, 0.25) is 0 Å². The normalized spacial score (nSPS) is 19.7. The maximum absolute atomic E-state index is 5.94. The summed E-state index contributed by atoms with van der Waals surface area (Å²) in [5, 5.41) is 16.6. The fourth-order valence-electron chi connectivity index (χ4n) is 4.16. The zero-order valence-corrected chi connectivity index (χ0v) is 20.3. The molecule has 1 fully saturated rings. The number of halogens is 1. The van der Waals surface area contributed by atoms with E-state index in [9.17, 15) is 0 Å². The van der Waals surface area contributed by atoms with Crippen LogP contribution in [0.1, 0.15) is 49.0 Å². The van der Waals surface area contributed by atoms with Gasteiger partial charge in [-0.15, -0.1) is 34.2 Å². The number of nitrogens with one attached hydrogen (secondary N) is 1. The van der Waals surface area contributed by atoms with Gasteiger partial charge in [-0.25, -0.2) is 0 Å². The fraction of sp³-hybridized carbons (Fsp3) is 0.700. The SMILES string of the molecule is CN=C(NCCCc1nnc2n1CCCCC2)N1CCOC(c2cnn(C)c2)C1.I. The molecule has 4 heterocycles. The van der Waals surface area contributed by atoms with Crippen molar-refractivity contribution in [3.8, 4) is 0 Å². The van der Waals surface area contributed by atoms with Gasteiger partial charge in [-0.3, -0.25) is 9.67 Å². The van der Waals surface area contributed by atoms with Crippen LogP contribution in [0.25, 0.3) is 0 Å². The first-order valence-corrected chi connectivity index (χ1v) is 10.7. The Balaban J connectivity index is 0.00000256. The van der Waals surface area contributed by atoms with Gasteiger partial charge in [0.15, 0.2) is 5.96 Å². The summed E-state index contributed by atoms with van der Waals surface area (Å²) in [5.74, 6) is 3.22. The Labute approximate surface area is 195 Å². The first-order valence-electron chi connectivity index (χ1n) is 10.7. The van der Waals surface area contributed by atoms with Crippen LogP contribution >= 0.6 is 24.0 Å². The predicted molar refractivity (Wildman–Crippen MR) is 126 cm³/mol. The van der Waals surface area contributed by atoms with Gasteiger partial charge in [0.1, 0.15) is 17.8 Å². The number of guanidine groups is 1. The van der Waals surface area contributed by atoms with Crippen molar-refractivity contribution >= 4 is 29.9 Å². The number of aryl methyl sites for hydroxylation is 3. The van der Waals surface area contributed by atoms with Gasteiger partial charge >= 0.3 is 0 Å². The molecule has 9 nitrogen and oxygen atoms in total. The molecule has 0 saturated carbocycles. The number of nitrogens with zero attached hydrogens (tertiary/aromatic N) is 7. The minimum Gasteiger partial charge on any atom is -0.370 e. The monoisotopic (exact) mass is 528 g/mol. The summed E-state index contributed by atoms with van der Waals surface area (Å²) in [5.41, 5.74) is 1.11. The average Bonchev–Trinajstić information content (AvgIpc) is 3.27. The van der Waals surface area contributed by atoms with Gasteiger partial charge in [0, 0.05) is 58.3 Å². The predicted octanol–water partition coefficient (Wildman–Crippen LogP) is 1.94. The molecule has 2 aromatic rings. The molecule has 166 valence electrons. The van der Waals surface area contributed by atoms with E-state index < -0.39 is 0 Å². The van der Waals surface area contributed by atoms with Crippen molar-refractivity contribution in [2.24, 2.45) is 12.0 Å². The highest BCUT2D eigenvalue weighted by Gasteiger charge is 2.25. The Morgan fingerprint density at radius 2 is 2.17 bits per heavy atom. The summed E-state index contributed by atoms with van der Waals surface area (Å²) in [6, 6.07) is 0. The van der Waals surface area contributed by atoms with E-state index in [-0.39, 0.29) is 30.1 Å². The first kappa shape index (κ1) is 23.0. The third-order valence-electron chi connectivity index (χ3n) is 5.72. The summed E-state index contributed by atoms with van der Waals surface area (Å²) in [7, 11) is 3.77. The zero-order valence-electron chi connectivity index (χ0n) is 18.0. The second kappa shape index (κ2) is 11.1. The Morgan fingerprint density at radius 1 is 1.27 bits per heavy atom. The Morgan fingerprint density at radius 3 is 2.97 bits per heavy atom. The molecule has 2 aromatic heterocycles. The van der Waals surface area contributed by atoms with Gasteiger partial charge < -0.3 is 19.5 Å². The maximum atomic E-state index is 5.94. The number of aromatic nitrogens is 5. The number of hydrogen-bond donors (Lipinski definition) is 1. The molecule has 2 aliphatic rings. The lowest BCUT2D eigenvalue weighted by Gasteiger charge is -2.34. The minimum absolute atomic E-state index is 0. The van der Waals surface area contributed by atoms with E-state index in [2.05, 4.69) is 35.1 Å². The summed E-state index contributed by atoms with van der Waals surface area (Å²) in [6.45, 7) is 4.24. The topological polar surface area (TPSA) is 85.4 Å². The number of hydrogen-bond acceptors (Lipinski definition) is 5. The highest BCUT2D eigenvalue weighted by Crippen LogP contribution is 2.21. The molecule has 0 bridgehead atoms. The Bertz CT molecular complexity index is 833. The van der Waals surface area contributed by atoms with E-state index in [0.717, 1.165) is 68.6 Å². The van der Waals surface area contributed by atoms with Crippen LogP contribution in [-0.2, 0) is 31.2 Å². The molecular formula is C20H33IN8O. The third kappa shape index (κ3) is 5.51. The molecule has 4 rings (SSSR count). The highest BCUT2D eigenvalue weighted by atomic mass is 127. The van der Waals surface area contributed by atoms with Crippen molar-refractivity contribution in [3.05, 3.63) is 29.6 Å². The average molecular weight is 528 g/mol. The van der Waals surface area contributed by atoms with Crippen LogP contribution in [-0.4, -0.2) is 68.7 Å². The zero-order chi connectivity index (χ0) is 20.1. The smallest absolute Gasteiger partial charge is 0.193 e. The van der Waals surface area contributed by atoms with Crippen LogP contribution in [0.3, 0.4) is 0 Å². The van der Waals surface area contributed by atoms with Crippen LogP contribution in [0.15, 0.2) is 17.4 Å². The summed E-state index contributed by atoms with van der Waals surface area (Å²) < 4.78 is 10.1. The van der Waals surface area contributed by atoms with Gasteiger partial charge in [0.05, 0.1) is 19.3 Å². The summed E-state index contributed by atoms with van der Waals surface area (Å²) in [4.78, 5) is 6.75. The van der Waals surface area contributed by atoms with Crippen molar-refractivity contribution < 1.29 is 4.74 Å². The molecule has 0 radical (unpaired) electrons.